The largest absolute Gasteiger partial charge is 0.333 e. The van der Waals surface area contributed by atoms with Crippen LogP contribution in [0.25, 0.3) is 115 Å². The van der Waals surface area contributed by atoms with Crippen molar-refractivity contribution in [1.29, 1.82) is 0 Å². The lowest BCUT2D eigenvalue weighted by atomic mass is 10.0. The molecule has 4 heteroatoms. The molecule has 0 amide bonds. The van der Waals surface area contributed by atoms with Gasteiger partial charge < -0.3 is 18.3 Å². The molecule has 64 heavy (non-hydrogen) atoms. The Kier molecular flexibility index (Phi) is 7.48. The molecule has 0 fully saturated rings. The van der Waals surface area contributed by atoms with Crippen molar-refractivity contribution in [3.63, 3.8) is 0 Å². The van der Waals surface area contributed by atoms with Gasteiger partial charge in [0.15, 0.2) is 0 Å². The number of hydrogen-bond acceptors (Lipinski definition) is 0. The first-order chi connectivity index (χ1) is 31.8. The minimum absolute atomic E-state index is 0.271. The van der Waals surface area contributed by atoms with Crippen molar-refractivity contribution < 1.29 is 0 Å². The van der Waals surface area contributed by atoms with Gasteiger partial charge in [0, 0.05) is 65.7 Å². The number of benzene rings is 9. The quantitative estimate of drug-likeness (QED) is 0.165. The van der Waals surface area contributed by atoms with Gasteiger partial charge in [-0.15, -0.1) is 0 Å². The Balaban J connectivity index is 0.881. The van der Waals surface area contributed by atoms with Crippen LogP contribution in [0.15, 0.2) is 224 Å². The molecular weight excluding hydrogens is 777 g/mol. The fraction of sp³-hybridized carbons (Fsp3) is 0.0333. The fourth-order valence-electron chi connectivity index (χ4n) is 11.1. The molecule has 4 aromatic heterocycles. The van der Waals surface area contributed by atoms with Gasteiger partial charge in [-0.3, -0.25) is 0 Å². The maximum atomic E-state index is 2.54. The molecule has 0 aliphatic heterocycles. The van der Waals surface area contributed by atoms with E-state index in [1.165, 1.54) is 104 Å². The zero-order chi connectivity index (χ0) is 41.9. The van der Waals surface area contributed by atoms with Crippen LogP contribution < -0.4 is 0 Å². The van der Waals surface area contributed by atoms with Crippen LogP contribution in [0.3, 0.4) is 0 Å². The maximum Gasteiger partial charge on any atom is 0.0562 e. The second-order valence-corrected chi connectivity index (χ2v) is 17.2. The topological polar surface area (TPSA) is 19.7 Å². The summed E-state index contributed by atoms with van der Waals surface area (Å²) in [6.45, 7) is 0. The molecule has 0 saturated heterocycles. The molecule has 1 aliphatic carbocycles. The third-order valence-electron chi connectivity index (χ3n) is 13.9. The van der Waals surface area contributed by atoms with Crippen molar-refractivity contribution in [2.75, 3.05) is 0 Å². The molecule has 0 spiro atoms. The predicted molar refractivity (Wildman–Crippen MR) is 270 cm³/mol. The van der Waals surface area contributed by atoms with E-state index in [-0.39, 0.29) is 6.04 Å². The van der Waals surface area contributed by atoms with Crippen molar-refractivity contribution in [3.05, 3.63) is 224 Å². The number of allylic oxidation sites excluding steroid dienone is 4. The van der Waals surface area contributed by atoms with E-state index in [4.69, 9.17) is 0 Å². The van der Waals surface area contributed by atoms with E-state index in [1.807, 2.05) is 0 Å². The number of para-hydroxylation sites is 5. The van der Waals surface area contributed by atoms with Gasteiger partial charge in [-0.25, -0.2) is 0 Å². The van der Waals surface area contributed by atoms with Crippen LogP contribution in [0.4, 0.5) is 0 Å². The summed E-state index contributed by atoms with van der Waals surface area (Å²) in [7, 11) is 0. The highest BCUT2D eigenvalue weighted by molar-refractivity contribution is 6.29. The highest BCUT2D eigenvalue weighted by Crippen LogP contribution is 2.44. The summed E-state index contributed by atoms with van der Waals surface area (Å²) in [6.07, 6.45) is 9.95. The molecule has 14 rings (SSSR count). The van der Waals surface area contributed by atoms with E-state index in [9.17, 15) is 0 Å². The monoisotopic (exact) mass is 816 g/mol. The number of rotatable bonds is 5. The molecule has 4 heterocycles. The zero-order valence-corrected chi connectivity index (χ0v) is 34.9. The summed E-state index contributed by atoms with van der Waals surface area (Å²) in [5.41, 5.74) is 15.7. The molecule has 1 atom stereocenters. The predicted octanol–water partition coefficient (Wildman–Crippen LogP) is 15.8. The standard InChI is InChI=1S/C60H40N4/c1-3-15-41(16-4-1)61-53-25-13-9-21-47(53)59-55(61)35-36-56-60(59)48-22-10-14-26-54(48)62(56)43-31-27-39(28-32-43)40-29-33-44(34-30-40)64-52-24-12-8-20-46(52)50-37-49-45-19-7-11-23-51(45)63(57(49)38-58(50)64)42-17-5-2-6-18-42/h1-17,19-38,42H,18H2. The van der Waals surface area contributed by atoms with Crippen LogP contribution in [0.2, 0.25) is 0 Å². The van der Waals surface area contributed by atoms with Gasteiger partial charge in [0.25, 0.3) is 0 Å². The van der Waals surface area contributed by atoms with Gasteiger partial charge in [-0.05, 0) is 102 Å². The Morgan fingerprint density at radius 1 is 0.312 bits per heavy atom. The van der Waals surface area contributed by atoms with Gasteiger partial charge in [-0.1, -0.05) is 140 Å². The van der Waals surface area contributed by atoms with Crippen molar-refractivity contribution in [3.8, 4) is 28.2 Å². The summed E-state index contributed by atoms with van der Waals surface area (Å²) >= 11 is 0. The lowest BCUT2D eigenvalue weighted by molar-refractivity contribution is 0.648. The number of fused-ring (bicyclic) bond motifs is 13. The van der Waals surface area contributed by atoms with Gasteiger partial charge in [0.2, 0.25) is 0 Å². The van der Waals surface area contributed by atoms with Gasteiger partial charge >= 0.3 is 0 Å². The molecule has 0 bridgehead atoms. The average Bonchev–Trinajstić information content (AvgIpc) is 4.08. The molecule has 9 aromatic carbocycles. The van der Waals surface area contributed by atoms with E-state index in [2.05, 4.69) is 243 Å². The van der Waals surface area contributed by atoms with Crippen LogP contribution in [0, 0.1) is 0 Å². The maximum absolute atomic E-state index is 2.54. The van der Waals surface area contributed by atoms with E-state index in [0.717, 1.165) is 17.8 Å². The SMILES string of the molecule is C1=CCC(n2c3ccccc3c3cc4c5ccccc5n(-c5ccc(-c6ccc(-n7c8ccccc8c8c9c%10ccccc%10n(-c%10ccccc%10)c9ccc87)cc6)cc5)c4cc32)C=C1. The summed E-state index contributed by atoms with van der Waals surface area (Å²) in [4.78, 5) is 0. The Morgan fingerprint density at radius 3 is 1.33 bits per heavy atom. The lowest BCUT2D eigenvalue weighted by Crippen LogP contribution is -2.06. The van der Waals surface area contributed by atoms with Crippen molar-refractivity contribution in [1.82, 2.24) is 18.3 Å². The Bertz CT molecular complexity index is 4080. The molecule has 0 saturated carbocycles. The second-order valence-electron chi connectivity index (χ2n) is 17.2. The van der Waals surface area contributed by atoms with Gasteiger partial charge in [0.05, 0.1) is 44.7 Å². The second kappa shape index (κ2) is 13.6. The average molecular weight is 817 g/mol. The first-order valence-electron chi connectivity index (χ1n) is 22.3. The molecule has 13 aromatic rings. The molecule has 0 N–H and O–H groups in total. The number of aromatic nitrogens is 4. The van der Waals surface area contributed by atoms with Crippen LogP contribution in [0.1, 0.15) is 12.5 Å². The zero-order valence-electron chi connectivity index (χ0n) is 34.9. The first-order valence-corrected chi connectivity index (χ1v) is 22.3. The number of hydrogen-bond donors (Lipinski definition) is 0. The minimum Gasteiger partial charge on any atom is -0.333 e. The third-order valence-corrected chi connectivity index (χ3v) is 13.9. The molecule has 300 valence electrons. The van der Waals surface area contributed by atoms with E-state index < -0.39 is 0 Å². The molecular formula is C60H40N4. The number of nitrogens with zero attached hydrogens (tertiary/aromatic N) is 4. The summed E-state index contributed by atoms with van der Waals surface area (Å²) in [5, 5.41) is 10.2. The van der Waals surface area contributed by atoms with Crippen LogP contribution in [-0.4, -0.2) is 18.3 Å². The van der Waals surface area contributed by atoms with Crippen molar-refractivity contribution in [2.24, 2.45) is 0 Å². The normalized spacial score (nSPS) is 14.2. The summed E-state index contributed by atoms with van der Waals surface area (Å²) in [6, 6.07) is 74.1. The lowest BCUT2D eigenvalue weighted by Gasteiger charge is -2.18. The van der Waals surface area contributed by atoms with Crippen LogP contribution >= 0.6 is 0 Å². The van der Waals surface area contributed by atoms with Crippen molar-refractivity contribution >= 4 is 87.2 Å². The Hall–Kier alpha value is -8.34. The minimum atomic E-state index is 0.271. The third kappa shape index (κ3) is 4.99. The van der Waals surface area contributed by atoms with Crippen molar-refractivity contribution in [2.45, 2.75) is 12.5 Å². The van der Waals surface area contributed by atoms with Gasteiger partial charge in [-0.2, -0.15) is 0 Å². The Morgan fingerprint density at radius 2 is 0.766 bits per heavy atom. The highest BCUT2D eigenvalue weighted by Gasteiger charge is 2.22. The summed E-state index contributed by atoms with van der Waals surface area (Å²) < 4.78 is 9.84. The van der Waals surface area contributed by atoms with E-state index >= 15 is 0 Å². The molecule has 1 aliphatic rings. The fourth-order valence-corrected chi connectivity index (χ4v) is 11.1. The highest BCUT2D eigenvalue weighted by atomic mass is 15.0. The Labute approximate surface area is 369 Å². The molecule has 4 nitrogen and oxygen atoms in total. The van der Waals surface area contributed by atoms with Crippen LogP contribution in [0.5, 0.6) is 0 Å². The van der Waals surface area contributed by atoms with Gasteiger partial charge in [0.1, 0.15) is 0 Å². The molecule has 0 radical (unpaired) electrons. The first kappa shape index (κ1) is 35.3. The van der Waals surface area contributed by atoms with E-state index in [0.29, 0.717) is 0 Å². The van der Waals surface area contributed by atoms with E-state index in [1.54, 1.807) is 0 Å². The smallest absolute Gasteiger partial charge is 0.0562 e. The molecule has 1 unspecified atom stereocenters. The summed E-state index contributed by atoms with van der Waals surface area (Å²) in [5.74, 6) is 0. The van der Waals surface area contributed by atoms with Crippen LogP contribution in [-0.2, 0) is 0 Å².